The number of carbonyl (C=O) groups excluding carboxylic acids is 1. The number of amides is 1. The second-order valence-electron chi connectivity index (χ2n) is 5.08. The Bertz CT molecular complexity index is 413. The van der Waals surface area contributed by atoms with E-state index in [9.17, 15) is 4.79 Å². The van der Waals surface area contributed by atoms with Crippen molar-refractivity contribution in [1.82, 2.24) is 10.4 Å². The van der Waals surface area contributed by atoms with Crippen molar-refractivity contribution in [2.75, 3.05) is 39.0 Å². The molecule has 1 aliphatic rings. The summed E-state index contributed by atoms with van der Waals surface area (Å²) in [4.78, 5) is 14.5. The minimum absolute atomic E-state index is 0.0881. The third-order valence-electron chi connectivity index (χ3n) is 3.29. The number of rotatable bonds is 4. The number of likely N-dealkylation sites (N-methyl/N-ethyl adjacent to an activating group) is 1. The Morgan fingerprint density at radius 1 is 1.32 bits per heavy atom. The van der Waals surface area contributed by atoms with E-state index in [1.54, 1.807) is 11.8 Å². The van der Waals surface area contributed by atoms with Crippen molar-refractivity contribution in [2.45, 2.75) is 11.8 Å². The Hall–Kier alpha value is -1.04. The fourth-order valence-electron chi connectivity index (χ4n) is 1.99. The van der Waals surface area contributed by atoms with Gasteiger partial charge in [0.2, 0.25) is 5.91 Å². The lowest BCUT2D eigenvalue weighted by molar-refractivity contribution is -0.884. The summed E-state index contributed by atoms with van der Waals surface area (Å²) in [6, 6.07) is 8.27. The van der Waals surface area contributed by atoms with Crippen molar-refractivity contribution in [2.24, 2.45) is 0 Å². The Morgan fingerprint density at radius 3 is 2.58 bits per heavy atom. The highest BCUT2D eigenvalue weighted by atomic mass is 32.2. The highest BCUT2D eigenvalue weighted by Gasteiger charge is 2.17. The van der Waals surface area contributed by atoms with Crippen molar-refractivity contribution in [3.63, 3.8) is 0 Å². The van der Waals surface area contributed by atoms with Crippen LogP contribution in [0.3, 0.4) is 0 Å². The van der Waals surface area contributed by atoms with E-state index in [0.717, 1.165) is 31.1 Å². The topological polar surface area (TPSA) is 36.8 Å². The highest BCUT2D eigenvalue weighted by Crippen LogP contribution is 2.17. The fraction of sp³-hybridized carbons (Fsp3) is 0.500. The molecular formula is C14H22N3OS+. The molecule has 0 bridgehead atoms. The van der Waals surface area contributed by atoms with Crippen LogP contribution in [-0.4, -0.2) is 49.9 Å². The molecule has 1 fully saturated rings. The minimum atomic E-state index is 0.0881. The Morgan fingerprint density at radius 2 is 1.95 bits per heavy atom. The summed E-state index contributed by atoms with van der Waals surface area (Å²) in [5, 5.41) is 2.03. The molecule has 0 atom stereocenters. The van der Waals surface area contributed by atoms with Crippen molar-refractivity contribution < 1.29 is 9.69 Å². The van der Waals surface area contributed by atoms with Crippen LogP contribution in [0.4, 0.5) is 0 Å². The lowest BCUT2D eigenvalue weighted by atomic mass is 10.2. The lowest BCUT2D eigenvalue weighted by Gasteiger charge is -2.30. The summed E-state index contributed by atoms with van der Waals surface area (Å²) in [6.07, 6.45) is 0. The molecule has 2 rings (SSSR count). The number of hydrogen-bond acceptors (Lipinski definition) is 3. The number of piperazine rings is 1. The molecule has 0 spiro atoms. The number of hydrogen-bond donors (Lipinski definition) is 2. The molecule has 1 aromatic carbocycles. The molecular weight excluding hydrogens is 258 g/mol. The van der Waals surface area contributed by atoms with Crippen LogP contribution in [0.2, 0.25) is 0 Å². The number of aryl methyl sites for hydroxylation is 1. The summed E-state index contributed by atoms with van der Waals surface area (Å²) < 4.78 is 0. The molecule has 1 aliphatic heterocycles. The minimum Gasteiger partial charge on any atom is -0.335 e. The maximum atomic E-state index is 11.9. The van der Waals surface area contributed by atoms with Gasteiger partial charge in [-0.05, 0) is 19.1 Å². The zero-order valence-electron chi connectivity index (χ0n) is 11.6. The lowest BCUT2D eigenvalue weighted by Crippen LogP contribution is -3.12. The number of nitrogens with one attached hydrogen (secondary N) is 2. The summed E-state index contributed by atoms with van der Waals surface area (Å²) in [5.74, 6) is 0.563. The molecule has 19 heavy (non-hydrogen) atoms. The van der Waals surface area contributed by atoms with E-state index in [0.29, 0.717) is 5.75 Å². The van der Waals surface area contributed by atoms with Gasteiger partial charge in [0, 0.05) is 4.90 Å². The van der Waals surface area contributed by atoms with Crippen LogP contribution in [0.5, 0.6) is 0 Å². The number of carbonyl (C=O) groups is 1. The highest BCUT2D eigenvalue weighted by molar-refractivity contribution is 8.00. The van der Waals surface area contributed by atoms with Gasteiger partial charge in [0.1, 0.15) is 0 Å². The van der Waals surface area contributed by atoms with E-state index in [1.165, 1.54) is 10.5 Å². The van der Waals surface area contributed by atoms with Crippen molar-refractivity contribution >= 4 is 17.7 Å². The zero-order chi connectivity index (χ0) is 13.7. The van der Waals surface area contributed by atoms with E-state index in [1.807, 2.05) is 5.01 Å². The molecule has 5 heteroatoms. The largest absolute Gasteiger partial charge is 0.335 e. The number of benzene rings is 1. The van der Waals surface area contributed by atoms with E-state index in [2.05, 4.69) is 43.7 Å². The SMILES string of the molecule is Cc1ccc(SCC(=O)NN2CC[NH+](C)CC2)cc1. The summed E-state index contributed by atoms with van der Waals surface area (Å²) in [5.41, 5.74) is 4.23. The molecule has 2 N–H and O–H groups in total. The summed E-state index contributed by atoms with van der Waals surface area (Å²) in [6.45, 7) is 6.12. The third-order valence-corrected chi connectivity index (χ3v) is 4.30. The Balaban J connectivity index is 1.71. The normalized spacial score (nSPS) is 17.4. The van der Waals surface area contributed by atoms with Gasteiger partial charge >= 0.3 is 0 Å². The van der Waals surface area contributed by atoms with Crippen LogP contribution in [-0.2, 0) is 4.79 Å². The average Bonchev–Trinajstić information content (AvgIpc) is 2.41. The monoisotopic (exact) mass is 280 g/mol. The maximum absolute atomic E-state index is 11.9. The van der Waals surface area contributed by atoms with Gasteiger partial charge in [0.15, 0.2) is 0 Å². The molecule has 1 saturated heterocycles. The van der Waals surface area contributed by atoms with Crippen LogP contribution >= 0.6 is 11.8 Å². The van der Waals surface area contributed by atoms with Gasteiger partial charge in [-0.3, -0.25) is 10.2 Å². The molecule has 0 unspecified atom stereocenters. The van der Waals surface area contributed by atoms with E-state index < -0.39 is 0 Å². The number of nitrogens with zero attached hydrogens (tertiary/aromatic N) is 1. The first-order valence-electron chi connectivity index (χ1n) is 6.69. The number of hydrazine groups is 1. The molecule has 104 valence electrons. The van der Waals surface area contributed by atoms with E-state index in [4.69, 9.17) is 0 Å². The van der Waals surface area contributed by atoms with Gasteiger partial charge in [0.05, 0.1) is 39.0 Å². The average molecular weight is 280 g/mol. The standard InChI is InChI=1S/C14H21N3OS/c1-12-3-5-13(6-4-12)19-11-14(18)15-17-9-7-16(2)8-10-17/h3-6H,7-11H2,1-2H3,(H,15,18)/p+1. The predicted molar refractivity (Wildman–Crippen MR) is 78.2 cm³/mol. The summed E-state index contributed by atoms with van der Waals surface area (Å²) >= 11 is 1.58. The zero-order valence-corrected chi connectivity index (χ0v) is 12.4. The molecule has 1 aromatic rings. The van der Waals surface area contributed by atoms with Crippen LogP contribution in [0.25, 0.3) is 0 Å². The fourth-order valence-corrected chi connectivity index (χ4v) is 2.68. The second kappa shape index (κ2) is 6.93. The van der Waals surface area contributed by atoms with Gasteiger partial charge in [0.25, 0.3) is 0 Å². The van der Waals surface area contributed by atoms with Gasteiger partial charge in [-0.2, -0.15) is 0 Å². The van der Waals surface area contributed by atoms with E-state index in [-0.39, 0.29) is 5.91 Å². The van der Waals surface area contributed by atoms with Gasteiger partial charge < -0.3 is 4.90 Å². The maximum Gasteiger partial charge on any atom is 0.244 e. The molecule has 0 aromatic heterocycles. The first-order valence-corrected chi connectivity index (χ1v) is 7.67. The first-order chi connectivity index (χ1) is 9.13. The molecule has 0 aliphatic carbocycles. The molecule has 1 heterocycles. The van der Waals surface area contributed by atoms with E-state index >= 15 is 0 Å². The van der Waals surface area contributed by atoms with Crippen LogP contribution in [0.1, 0.15) is 5.56 Å². The third kappa shape index (κ3) is 4.86. The smallest absolute Gasteiger partial charge is 0.244 e. The van der Waals surface area contributed by atoms with Gasteiger partial charge in [-0.1, -0.05) is 17.7 Å². The van der Waals surface area contributed by atoms with Gasteiger partial charge in [-0.15, -0.1) is 11.8 Å². The van der Waals surface area contributed by atoms with Crippen molar-refractivity contribution in [3.8, 4) is 0 Å². The second-order valence-corrected chi connectivity index (χ2v) is 6.13. The Labute approximate surface area is 119 Å². The van der Waals surface area contributed by atoms with Crippen LogP contribution in [0.15, 0.2) is 29.2 Å². The number of thioether (sulfide) groups is 1. The van der Waals surface area contributed by atoms with Crippen LogP contribution < -0.4 is 10.3 Å². The molecule has 0 saturated carbocycles. The van der Waals surface area contributed by atoms with Crippen molar-refractivity contribution in [1.29, 1.82) is 0 Å². The van der Waals surface area contributed by atoms with Gasteiger partial charge in [-0.25, -0.2) is 5.01 Å². The number of quaternary nitrogens is 1. The quantitative estimate of drug-likeness (QED) is 0.759. The first kappa shape index (κ1) is 14.4. The summed E-state index contributed by atoms with van der Waals surface area (Å²) in [7, 11) is 2.19. The molecule has 1 amide bonds. The molecule has 4 nitrogen and oxygen atoms in total. The Kier molecular flexibility index (Phi) is 5.24. The molecule has 0 radical (unpaired) electrons. The van der Waals surface area contributed by atoms with Crippen molar-refractivity contribution in [3.05, 3.63) is 29.8 Å². The van der Waals surface area contributed by atoms with Crippen LogP contribution in [0, 0.1) is 6.92 Å². The predicted octanol–water partition coefficient (Wildman–Crippen LogP) is -0.0514.